The molecule has 0 spiro atoms. The van der Waals surface area contributed by atoms with Crippen LogP contribution in [0, 0.1) is 0 Å². The number of nitrogens with zero attached hydrogens (tertiary/aromatic N) is 2. The molecule has 0 bridgehead atoms. The SMILES string of the molecule is CS(=O)(=O)Nc1ccc(-c2nnc(SCC(=O)Nc3cccc4ccccc34)o2)cc1. The predicted molar refractivity (Wildman–Crippen MR) is 122 cm³/mol. The molecule has 1 amide bonds. The third kappa shape index (κ3) is 5.41. The molecule has 31 heavy (non-hydrogen) atoms. The van der Waals surface area contributed by atoms with Gasteiger partial charge in [0, 0.05) is 22.3 Å². The van der Waals surface area contributed by atoms with Crippen LogP contribution in [0.2, 0.25) is 0 Å². The highest BCUT2D eigenvalue weighted by molar-refractivity contribution is 7.99. The van der Waals surface area contributed by atoms with Gasteiger partial charge in [0.25, 0.3) is 5.22 Å². The van der Waals surface area contributed by atoms with E-state index in [-0.39, 0.29) is 22.8 Å². The van der Waals surface area contributed by atoms with Crippen molar-refractivity contribution < 1.29 is 17.6 Å². The second kappa shape index (κ2) is 8.78. The lowest BCUT2D eigenvalue weighted by Crippen LogP contribution is -2.14. The van der Waals surface area contributed by atoms with Crippen LogP contribution >= 0.6 is 11.8 Å². The summed E-state index contributed by atoms with van der Waals surface area (Å²) in [6, 6.07) is 20.1. The maximum atomic E-state index is 12.4. The number of anilines is 2. The summed E-state index contributed by atoms with van der Waals surface area (Å²) < 4.78 is 30.5. The average Bonchev–Trinajstić information content (AvgIpc) is 3.21. The van der Waals surface area contributed by atoms with E-state index < -0.39 is 10.0 Å². The van der Waals surface area contributed by atoms with Crippen LogP contribution < -0.4 is 10.0 Å². The summed E-state index contributed by atoms with van der Waals surface area (Å²) in [6.07, 6.45) is 1.08. The highest BCUT2D eigenvalue weighted by Gasteiger charge is 2.12. The second-order valence-electron chi connectivity index (χ2n) is 6.69. The average molecular weight is 455 g/mol. The molecule has 0 unspecified atom stereocenters. The predicted octanol–water partition coefficient (Wildman–Crippen LogP) is 3.99. The van der Waals surface area contributed by atoms with E-state index in [1.165, 1.54) is 0 Å². The Morgan fingerprint density at radius 2 is 1.74 bits per heavy atom. The van der Waals surface area contributed by atoms with Crippen LogP contribution in [0.15, 0.2) is 76.4 Å². The molecule has 158 valence electrons. The number of nitrogens with one attached hydrogen (secondary N) is 2. The molecular formula is C21H18N4O4S2. The molecule has 3 aromatic carbocycles. The molecule has 1 heterocycles. The molecule has 0 aliphatic carbocycles. The smallest absolute Gasteiger partial charge is 0.277 e. The van der Waals surface area contributed by atoms with Crippen molar-refractivity contribution in [3.63, 3.8) is 0 Å². The summed E-state index contributed by atoms with van der Waals surface area (Å²) in [7, 11) is -3.34. The minimum Gasteiger partial charge on any atom is -0.411 e. The monoisotopic (exact) mass is 454 g/mol. The van der Waals surface area contributed by atoms with E-state index in [4.69, 9.17) is 4.42 Å². The van der Waals surface area contributed by atoms with Crippen LogP contribution in [-0.4, -0.2) is 36.5 Å². The number of thioether (sulfide) groups is 1. The lowest BCUT2D eigenvalue weighted by molar-refractivity contribution is -0.113. The Kier molecular flexibility index (Phi) is 5.92. The molecule has 4 aromatic rings. The van der Waals surface area contributed by atoms with Crippen molar-refractivity contribution in [1.82, 2.24) is 10.2 Å². The van der Waals surface area contributed by atoms with Gasteiger partial charge < -0.3 is 9.73 Å². The first-order valence-electron chi connectivity index (χ1n) is 9.19. The summed E-state index contributed by atoms with van der Waals surface area (Å²) in [5.41, 5.74) is 1.82. The number of aromatic nitrogens is 2. The quantitative estimate of drug-likeness (QED) is 0.406. The number of fused-ring (bicyclic) bond motifs is 1. The van der Waals surface area contributed by atoms with Crippen LogP contribution in [0.25, 0.3) is 22.2 Å². The summed E-state index contributed by atoms with van der Waals surface area (Å²) >= 11 is 1.14. The molecule has 0 aliphatic heterocycles. The third-order valence-electron chi connectivity index (χ3n) is 4.23. The van der Waals surface area contributed by atoms with Gasteiger partial charge in [0.15, 0.2) is 0 Å². The topological polar surface area (TPSA) is 114 Å². The van der Waals surface area contributed by atoms with Crippen LogP contribution in [0.5, 0.6) is 0 Å². The van der Waals surface area contributed by atoms with Gasteiger partial charge in [-0.2, -0.15) is 0 Å². The van der Waals surface area contributed by atoms with Gasteiger partial charge in [0.1, 0.15) is 0 Å². The molecule has 0 radical (unpaired) electrons. The van der Waals surface area contributed by atoms with Gasteiger partial charge in [-0.15, -0.1) is 10.2 Å². The van der Waals surface area contributed by atoms with Crippen molar-refractivity contribution >= 4 is 49.8 Å². The van der Waals surface area contributed by atoms with E-state index in [1.807, 2.05) is 42.5 Å². The Hall–Kier alpha value is -3.37. The van der Waals surface area contributed by atoms with Crippen LogP contribution in [0.1, 0.15) is 0 Å². The number of rotatable bonds is 7. The zero-order valence-corrected chi connectivity index (χ0v) is 18.0. The van der Waals surface area contributed by atoms with E-state index in [0.717, 1.165) is 34.5 Å². The molecule has 10 heteroatoms. The molecule has 4 rings (SSSR count). The highest BCUT2D eigenvalue weighted by atomic mass is 32.2. The maximum absolute atomic E-state index is 12.4. The first kappa shape index (κ1) is 20.9. The first-order valence-corrected chi connectivity index (χ1v) is 12.1. The molecule has 0 atom stereocenters. The van der Waals surface area contributed by atoms with Gasteiger partial charge in [-0.25, -0.2) is 8.42 Å². The summed E-state index contributed by atoms with van der Waals surface area (Å²) in [5.74, 6) is 0.211. The van der Waals surface area contributed by atoms with E-state index in [0.29, 0.717) is 11.3 Å². The molecule has 1 aromatic heterocycles. The number of sulfonamides is 1. The molecule has 0 saturated carbocycles. The Bertz CT molecular complexity index is 1330. The van der Waals surface area contributed by atoms with Crippen molar-refractivity contribution in [1.29, 1.82) is 0 Å². The number of hydrogen-bond donors (Lipinski definition) is 2. The van der Waals surface area contributed by atoms with Crippen molar-refractivity contribution in [3.8, 4) is 11.5 Å². The van der Waals surface area contributed by atoms with Crippen molar-refractivity contribution in [2.75, 3.05) is 22.0 Å². The second-order valence-corrected chi connectivity index (χ2v) is 9.36. The van der Waals surface area contributed by atoms with E-state index >= 15 is 0 Å². The largest absolute Gasteiger partial charge is 0.411 e. The van der Waals surface area contributed by atoms with Gasteiger partial charge in [-0.05, 0) is 35.7 Å². The Morgan fingerprint density at radius 1 is 1.00 bits per heavy atom. The minimum absolute atomic E-state index is 0.113. The number of carbonyl (C=O) groups is 1. The number of carbonyl (C=O) groups excluding carboxylic acids is 1. The van der Waals surface area contributed by atoms with Crippen molar-refractivity contribution in [3.05, 3.63) is 66.7 Å². The zero-order chi connectivity index (χ0) is 21.8. The van der Waals surface area contributed by atoms with Crippen LogP contribution in [0.3, 0.4) is 0 Å². The standard InChI is InChI=1S/C21H18N4O4S2/c1-31(27,28)25-16-11-9-15(10-12-16)20-23-24-21(29-20)30-13-19(26)22-18-8-4-6-14-5-2-3-7-17(14)18/h2-12,25H,13H2,1H3,(H,22,26). The molecule has 2 N–H and O–H groups in total. The van der Waals surface area contributed by atoms with Gasteiger partial charge in [0.05, 0.1) is 12.0 Å². The number of hydrogen-bond acceptors (Lipinski definition) is 7. The van der Waals surface area contributed by atoms with E-state index in [2.05, 4.69) is 20.2 Å². The molecule has 0 saturated heterocycles. The molecule has 0 fully saturated rings. The first-order chi connectivity index (χ1) is 14.9. The number of amides is 1. The van der Waals surface area contributed by atoms with Gasteiger partial charge in [-0.3, -0.25) is 9.52 Å². The molecule has 8 nitrogen and oxygen atoms in total. The normalized spacial score (nSPS) is 11.4. The Balaban J connectivity index is 1.37. The number of benzene rings is 3. The van der Waals surface area contributed by atoms with Gasteiger partial charge in [0.2, 0.25) is 21.8 Å². The van der Waals surface area contributed by atoms with E-state index in [9.17, 15) is 13.2 Å². The maximum Gasteiger partial charge on any atom is 0.277 e. The summed E-state index contributed by atoms with van der Waals surface area (Å²) in [5, 5.41) is 13.1. The fourth-order valence-electron chi connectivity index (χ4n) is 2.93. The minimum atomic E-state index is -3.34. The summed E-state index contributed by atoms with van der Waals surface area (Å²) in [4.78, 5) is 12.4. The lowest BCUT2D eigenvalue weighted by atomic mass is 10.1. The molecule has 0 aliphatic rings. The van der Waals surface area contributed by atoms with Crippen molar-refractivity contribution in [2.45, 2.75) is 5.22 Å². The fraction of sp³-hybridized carbons (Fsp3) is 0.0952. The van der Waals surface area contributed by atoms with E-state index in [1.54, 1.807) is 24.3 Å². The summed E-state index contributed by atoms with van der Waals surface area (Å²) in [6.45, 7) is 0. The Labute approximate surface area is 183 Å². The fourth-order valence-corrected chi connectivity index (χ4v) is 4.06. The van der Waals surface area contributed by atoms with Crippen LogP contribution in [0.4, 0.5) is 11.4 Å². The third-order valence-corrected chi connectivity index (χ3v) is 5.66. The lowest BCUT2D eigenvalue weighted by Gasteiger charge is -2.07. The van der Waals surface area contributed by atoms with Gasteiger partial charge >= 0.3 is 0 Å². The zero-order valence-electron chi connectivity index (χ0n) is 16.4. The highest BCUT2D eigenvalue weighted by Crippen LogP contribution is 2.26. The Morgan fingerprint density at radius 3 is 2.52 bits per heavy atom. The van der Waals surface area contributed by atoms with Crippen molar-refractivity contribution in [2.24, 2.45) is 0 Å². The molecular weight excluding hydrogens is 436 g/mol. The van der Waals surface area contributed by atoms with Gasteiger partial charge in [-0.1, -0.05) is 48.2 Å². The van der Waals surface area contributed by atoms with Crippen LogP contribution in [-0.2, 0) is 14.8 Å².